The fraction of sp³-hybridized carbons (Fsp3) is 0.100. The molecule has 0 atom stereocenters. The van der Waals surface area contributed by atoms with E-state index in [-0.39, 0.29) is 11.4 Å². The van der Waals surface area contributed by atoms with Crippen LogP contribution in [-0.2, 0) is 6.42 Å². The number of aromatic amines is 2. The van der Waals surface area contributed by atoms with Gasteiger partial charge in [-0.05, 0) is 36.7 Å². The molecular weight excluding hydrogens is 370 g/mol. The van der Waals surface area contributed by atoms with Crippen molar-refractivity contribution in [2.75, 3.05) is 11.4 Å². The van der Waals surface area contributed by atoms with Gasteiger partial charge in [0.15, 0.2) is 5.69 Å². The second-order valence-electron chi connectivity index (χ2n) is 6.38. The standard InChI is InChI=1S/C20H19N7O2/c21-10-9-12-5-1-4-8-15(12)27(19(29)17-16(18(22)28)23-11-24-17)20-25-13-6-2-3-7-14(13)26-20/h1-8,11H,9-10,21H2,(H2,22,28)(H,23,24)(H,25,26). The van der Waals surface area contributed by atoms with Gasteiger partial charge in [0.1, 0.15) is 5.69 Å². The van der Waals surface area contributed by atoms with E-state index in [1.807, 2.05) is 42.5 Å². The largest absolute Gasteiger partial charge is 0.364 e. The molecule has 2 aromatic carbocycles. The number of fused-ring (bicyclic) bond motifs is 1. The van der Waals surface area contributed by atoms with E-state index >= 15 is 0 Å². The minimum Gasteiger partial charge on any atom is -0.364 e. The van der Waals surface area contributed by atoms with Gasteiger partial charge in [0.2, 0.25) is 5.95 Å². The van der Waals surface area contributed by atoms with Crippen LogP contribution in [0.25, 0.3) is 11.0 Å². The lowest BCUT2D eigenvalue weighted by Crippen LogP contribution is -2.30. The van der Waals surface area contributed by atoms with Gasteiger partial charge in [-0.25, -0.2) is 14.9 Å². The Kier molecular flexibility index (Phi) is 4.80. The zero-order chi connectivity index (χ0) is 20.4. The first-order valence-corrected chi connectivity index (χ1v) is 9.00. The number of anilines is 2. The van der Waals surface area contributed by atoms with Crippen LogP contribution in [0.4, 0.5) is 11.6 Å². The summed E-state index contributed by atoms with van der Waals surface area (Å²) < 4.78 is 0. The number of hydrogen-bond acceptors (Lipinski definition) is 5. The molecule has 0 unspecified atom stereocenters. The van der Waals surface area contributed by atoms with Crippen LogP contribution in [-0.4, -0.2) is 38.3 Å². The lowest BCUT2D eigenvalue weighted by molar-refractivity contribution is 0.0961. The molecule has 9 nitrogen and oxygen atoms in total. The van der Waals surface area contributed by atoms with E-state index in [1.165, 1.54) is 11.2 Å². The van der Waals surface area contributed by atoms with Crippen molar-refractivity contribution in [2.45, 2.75) is 6.42 Å². The highest BCUT2D eigenvalue weighted by molar-refractivity contribution is 6.14. The molecule has 0 aliphatic carbocycles. The number of nitrogens with two attached hydrogens (primary N) is 2. The maximum atomic E-state index is 13.5. The van der Waals surface area contributed by atoms with Crippen molar-refractivity contribution in [1.82, 2.24) is 19.9 Å². The lowest BCUT2D eigenvalue weighted by atomic mass is 10.1. The Labute approximate surface area is 165 Å². The first-order chi connectivity index (χ1) is 14.1. The quantitative estimate of drug-likeness (QED) is 0.397. The predicted octanol–water partition coefficient (Wildman–Crippen LogP) is 1.86. The van der Waals surface area contributed by atoms with Gasteiger partial charge in [0.25, 0.3) is 11.8 Å². The Morgan fingerprint density at radius 2 is 1.83 bits per heavy atom. The van der Waals surface area contributed by atoms with Crippen molar-refractivity contribution < 1.29 is 9.59 Å². The number of carbonyl (C=O) groups is 2. The highest BCUT2D eigenvalue weighted by Gasteiger charge is 2.29. The number of carbonyl (C=O) groups excluding carboxylic acids is 2. The monoisotopic (exact) mass is 389 g/mol. The van der Waals surface area contributed by atoms with E-state index in [0.29, 0.717) is 30.1 Å². The predicted molar refractivity (Wildman–Crippen MR) is 109 cm³/mol. The highest BCUT2D eigenvalue weighted by Crippen LogP contribution is 2.30. The fourth-order valence-electron chi connectivity index (χ4n) is 3.21. The number of para-hydroxylation sites is 3. The maximum absolute atomic E-state index is 13.5. The summed E-state index contributed by atoms with van der Waals surface area (Å²) in [5.41, 5.74) is 13.9. The molecule has 9 heteroatoms. The molecule has 146 valence electrons. The summed E-state index contributed by atoms with van der Waals surface area (Å²) in [4.78, 5) is 41.0. The van der Waals surface area contributed by atoms with Gasteiger partial charge in [-0.1, -0.05) is 30.3 Å². The molecule has 0 fully saturated rings. The van der Waals surface area contributed by atoms with Gasteiger partial charge < -0.3 is 21.4 Å². The van der Waals surface area contributed by atoms with Gasteiger partial charge in [0, 0.05) is 0 Å². The lowest BCUT2D eigenvalue weighted by Gasteiger charge is -2.22. The molecular formula is C20H19N7O2. The van der Waals surface area contributed by atoms with Crippen LogP contribution in [0.2, 0.25) is 0 Å². The molecule has 0 bridgehead atoms. The molecule has 0 aliphatic heterocycles. The van der Waals surface area contributed by atoms with Gasteiger partial charge in [-0.3, -0.25) is 9.59 Å². The van der Waals surface area contributed by atoms with E-state index in [1.54, 1.807) is 6.07 Å². The molecule has 2 aromatic heterocycles. The molecule has 4 rings (SSSR count). The van der Waals surface area contributed by atoms with Crippen LogP contribution < -0.4 is 16.4 Å². The fourth-order valence-corrected chi connectivity index (χ4v) is 3.21. The number of aromatic nitrogens is 4. The van der Waals surface area contributed by atoms with E-state index in [9.17, 15) is 9.59 Å². The zero-order valence-corrected chi connectivity index (χ0v) is 15.4. The molecule has 4 aromatic rings. The summed E-state index contributed by atoms with van der Waals surface area (Å²) in [6.45, 7) is 0.411. The average molecular weight is 389 g/mol. The molecule has 29 heavy (non-hydrogen) atoms. The second-order valence-corrected chi connectivity index (χ2v) is 6.38. The van der Waals surface area contributed by atoms with E-state index in [0.717, 1.165) is 11.1 Å². The van der Waals surface area contributed by atoms with E-state index in [4.69, 9.17) is 11.5 Å². The Hall–Kier alpha value is -3.98. The summed E-state index contributed by atoms with van der Waals surface area (Å²) in [6, 6.07) is 14.8. The number of hydrogen-bond donors (Lipinski definition) is 4. The number of amides is 2. The SMILES string of the molecule is NCCc1ccccc1N(C(=O)c1nc[nH]c1C(N)=O)c1nc2ccccc2[nH]1. The molecule has 2 amide bonds. The first-order valence-electron chi connectivity index (χ1n) is 9.00. The normalized spacial score (nSPS) is 10.9. The Bertz CT molecular complexity index is 1160. The number of nitrogens with zero attached hydrogens (tertiary/aromatic N) is 3. The molecule has 0 spiro atoms. The molecule has 2 heterocycles. The van der Waals surface area contributed by atoms with Crippen molar-refractivity contribution >= 4 is 34.5 Å². The summed E-state index contributed by atoms with van der Waals surface area (Å²) in [5.74, 6) is -1.01. The zero-order valence-electron chi connectivity index (χ0n) is 15.4. The third-order valence-corrected chi connectivity index (χ3v) is 4.53. The maximum Gasteiger partial charge on any atom is 0.286 e. The topological polar surface area (TPSA) is 147 Å². The van der Waals surface area contributed by atoms with Crippen LogP contribution >= 0.6 is 0 Å². The first kappa shape index (κ1) is 18.4. The van der Waals surface area contributed by atoms with E-state index in [2.05, 4.69) is 19.9 Å². The number of H-pyrrole nitrogens is 2. The third-order valence-electron chi connectivity index (χ3n) is 4.53. The van der Waals surface area contributed by atoms with Crippen molar-refractivity contribution in [1.29, 1.82) is 0 Å². The van der Waals surface area contributed by atoms with Gasteiger partial charge in [0.05, 0.1) is 23.0 Å². The van der Waals surface area contributed by atoms with Crippen LogP contribution in [0.3, 0.4) is 0 Å². The Balaban J connectivity index is 1.91. The van der Waals surface area contributed by atoms with Crippen molar-refractivity contribution in [3.63, 3.8) is 0 Å². The van der Waals surface area contributed by atoms with Crippen molar-refractivity contribution in [2.24, 2.45) is 11.5 Å². The third kappa shape index (κ3) is 3.34. The number of rotatable bonds is 6. The van der Waals surface area contributed by atoms with E-state index < -0.39 is 11.8 Å². The molecule has 0 saturated heterocycles. The highest BCUT2D eigenvalue weighted by atomic mass is 16.2. The Morgan fingerprint density at radius 3 is 2.59 bits per heavy atom. The number of benzene rings is 2. The molecule has 0 aliphatic rings. The number of primary amides is 1. The summed E-state index contributed by atoms with van der Waals surface area (Å²) in [7, 11) is 0. The van der Waals surface area contributed by atoms with Gasteiger partial charge in [-0.15, -0.1) is 0 Å². The summed E-state index contributed by atoms with van der Waals surface area (Å²) >= 11 is 0. The number of imidazole rings is 2. The number of nitrogens with one attached hydrogen (secondary N) is 2. The van der Waals surface area contributed by atoms with Crippen LogP contribution in [0, 0.1) is 0 Å². The molecule has 0 radical (unpaired) electrons. The van der Waals surface area contributed by atoms with Crippen molar-refractivity contribution in [3.05, 3.63) is 71.8 Å². The van der Waals surface area contributed by atoms with Gasteiger partial charge in [-0.2, -0.15) is 0 Å². The second kappa shape index (κ2) is 7.56. The van der Waals surface area contributed by atoms with Crippen LogP contribution in [0.1, 0.15) is 26.5 Å². The molecule has 0 saturated carbocycles. The van der Waals surface area contributed by atoms with Crippen LogP contribution in [0.5, 0.6) is 0 Å². The average Bonchev–Trinajstić information content (AvgIpc) is 3.36. The smallest absolute Gasteiger partial charge is 0.286 e. The summed E-state index contributed by atoms with van der Waals surface area (Å²) in [5, 5.41) is 0. The van der Waals surface area contributed by atoms with Crippen molar-refractivity contribution in [3.8, 4) is 0 Å². The minimum absolute atomic E-state index is 0.0626. The molecule has 6 N–H and O–H groups in total. The van der Waals surface area contributed by atoms with Gasteiger partial charge >= 0.3 is 0 Å². The summed E-state index contributed by atoms with van der Waals surface area (Å²) in [6.07, 6.45) is 1.82. The van der Waals surface area contributed by atoms with Crippen LogP contribution in [0.15, 0.2) is 54.9 Å². The minimum atomic E-state index is -0.773. The Morgan fingerprint density at radius 1 is 1.07 bits per heavy atom.